The molecule has 1 heterocycles. The van der Waals surface area contributed by atoms with Crippen molar-refractivity contribution in [1.82, 2.24) is 4.90 Å². The van der Waals surface area contributed by atoms with Gasteiger partial charge in [-0.25, -0.2) is 0 Å². The summed E-state index contributed by atoms with van der Waals surface area (Å²) < 4.78 is 0. The highest BCUT2D eigenvalue weighted by Crippen LogP contribution is 2.10. The van der Waals surface area contributed by atoms with Crippen LogP contribution in [0.1, 0.15) is 35.2 Å². The molecule has 0 N–H and O–H groups in total. The van der Waals surface area contributed by atoms with Gasteiger partial charge in [0.1, 0.15) is 0 Å². The molecule has 2 rings (SSSR count). The second kappa shape index (κ2) is 5.26. The zero-order valence-corrected chi connectivity index (χ0v) is 9.91. The van der Waals surface area contributed by atoms with Crippen LogP contribution in [0.15, 0.2) is 24.3 Å². The number of benzene rings is 1. The Bertz CT molecular complexity index is 350. The Morgan fingerprint density at radius 2 is 1.75 bits per heavy atom. The van der Waals surface area contributed by atoms with Crippen molar-refractivity contribution in [1.29, 1.82) is 0 Å². The van der Waals surface area contributed by atoms with Crippen LogP contribution in [0.3, 0.4) is 0 Å². The number of carbonyl (C=O) groups excluding carboxylic acids is 1. The molecule has 0 saturated carbocycles. The summed E-state index contributed by atoms with van der Waals surface area (Å²) in [5.41, 5.74) is 2.05. The molecule has 1 aromatic rings. The number of piperidine rings is 1. The molecule has 1 aliphatic heterocycles. The Balaban J connectivity index is 1.94. The quantitative estimate of drug-likeness (QED) is 0.725. The maximum absolute atomic E-state index is 12.0. The van der Waals surface area contributed by atoms with Gasteiger partial charge in [0.2, 0.25) is 0 Å². The van der Waals surface area contributed by atoms with E-state index < -0.39 is 0 Å². The number of aryl methyl sites for hydroxylation is 1. The lowest BCUT2D eigenvalue weighted by molar-refractivity contribution is 0.0915. The number of hydrogen-bond donors (Lipinski definition) is 0. The third-order valence-corrected chi connectivity index (χ3v) is 3.19. The van der Waals surface area contributed by atoms with Gasteiger partial charge < -0.3 is 0 Å². The van der Waals surface area contributed by atoms with Crippen molar-refractivity contribution < 1.29 is 4.79 Å². The number of hydrogen-bond acceptors (Lipinski definition) is 2. The number of ketones is 1. The van der Waals surface area contributed by atoms with Crippen LogP contribution in [0.25, 0.3) is 0 Å². The predicted octanol–water partition coefficient (Wildman–Crippen LogP) is 2.66. The van der Waals surface area contributed by atoms with E-state index in [1.165, 1.54) is 24.8 Å². The Labute approximate surface area is 97.3 Å². The van der Waals surface area contributed by atoms with Gasteiger partial charge in [-0.05, 0) is 32.9 Å². The van der Waals surface area contributed by atoms with Gasteiger partial charge in [0.15, 0.2) is 5.78 Å². The maximum Gasteiger partial charge on any atom is 0.176 e. The summed E-state index contributed by atoms with van der Waals surface area (Å²) in [6.45, 7) is 4.79. The number of likely N-dealkylation sites (tertiary alicyclic amines) is 1. The minimum Gasteiger partial charge on any atom is -0.296 e. The second-order valence-corrected chi connectivity index (χ2v) is 4.63. The van der Waals surface area contributed by atoms with Gasteiger partial charge in [0.25, 0.3) is 0 Å². The predicted molar refractivity (Wildman–Crippen MR) is 65.8 cm³/mol. The van der Waals surface area contributed by atoms with Crippen LogP contribution < -0.4 is 0 Å². The molecular formula is C14H19NO. The van der Waals surface area contributed by atoms with E-state index in [0.29, 0.717) is 6.54 Å². The monoisotopic (exact) mass is 217 g/mol. The van der Waals surface area contributed by atoms with Crippen molar-refractivity contribution in [3.8, 4) is 0 Å². The molecule has 2 heteroatoms. The minimum absolute atomic E-state index is 0.252. The molecule has 0 unspecified atom stereocenters. The first-order valence-corrected chi connectivity index (χ1v) is 6.08. The van der Waals surface area contributed by atoms with Gasteiger partial charge in [-0.3, -0.25) is 9.69 Å². The summed E-state index contributed by atoms with van der Waals surface area (Å²) >= 11 is 0. The smallest absolute Gasteiger partial charge is 0.176 e. The highest BCUT2D eigenvalue weighted by molar-refractivity contribution is 5.97. The van der Waals surface area contributed by atoms with Crippen molar-refractivity contribution in [3.63, 3.8) is 0 Å². The van der Waals surface area contributed by atoms with E-state index in [2.05, 4.69) is 4.90 Å². The number of carbonyl (C=O) groups is 1. The first kappa shape index (κ1) is 11.3. The highest BCUT2D eigenvalue weighted by Gasteiger charge is 2.14. The lowest BCUT2D eigenvalue weighted by atomic mass is 10.1. The lowest BCUT2D eigenvalue weighted by Gasteiger charge is -2.25. The molecule has 16 heavy (non-hydrogen) atoms. The maximum atomic E-state index is 12.0. The van der Waals surface area contributed by atoms with Crippen molar-refractivity contribution in [2.24, 2.45) is 0 Å². The van der Waals surface area contributed by atoms with E-state index in [9.17, 15) is 4.79 Å². The first-order chi connectivity index (χ1) is 7.75. The molecule has 0 aromatic heterocycles. The molecule has 86 valence electrons. The van der Waals surface area contributed by atoms with E-state index in [0.717, 1.165) is 18.7 Å². The minimum atomic E-state index is 0.252. The van der Waals surface area contributed by atoms with Crippen LogP contribution in [-0.4, -0.2) is 30.3 Å². The molecule has 1 fully saturated rings. The van der Waals surface area contributed by atoms with E-state index in [4.69, 9.17) is 0 Å². The molecule has 1 aromatic carbocycles. The van der Waals surface area contributed by atoms with Crippen molar-refractivity contribution in [2.45, 2.75) is 26.2 Å². The molecule has 1 aliphatic rings. The SMILES string of the molecule is Cc1ccc(C(=O)CN2CCCCC2)cc1. The van der Waals surface area contributed by atoms with Crippen LogP contribution in [0.4, 0.5) is 0 Å². The Hall–Kier alpha value is -1.15. The average molecular weight is 217 g/mol. The molecule has 0 atom stereocenters. The molecule has 0 aliphatic carbocycles. The van der Waals surface area contributed by atoms with Gasteiger partial charge in [0, 0.05) is 5.56 Å². The first-order valence-electron chi connectivity index (χ1n) is 6.08. The standard InChI is InChI=1S/C14H19NO/c1-12-5-7-13(8-6-12)14(16)11-15-9-3-2-4-10-15/h5-8H,2-4,9-11H2,1H3. The van der Waals surface area contributed by atoms with Crippen LogP contribution in [-0.2, 0) is 0 Å². The third kappa shape index (κ3) is 2.92. The molecule has 2 nitrogen and oxygen atoms in total. The number of rotatable bonds is 3. The van der Waals surface area contributed by atoms with Gasteiger partial charge >= 0.3 is 0 Å². The normalized spacial score (nSPS) is 17.3. The van der Waals surface area contributed by atoms with Crippen LogP contribution in [0.2, 0.25) is 0 Å². The Morgan fingerprint density at radius 3 is 2.38 bits per heavy atom. The highest BCUT2D eigenvalue weighted by atomic mass is 16.1. The van der Waals surface area contributed by atoms with Crippen molar-refractivity contribution in [2.75, 3.05) is 19.6 Å². The average Bonchev–Trinajstić information content (AvgIpc) is 2.31. The van der Waals surface area contributed by atoms with E-state index in [-0.39, 0.29) is 5.78 Å². The summed E-state index contributed by atoms with van der Waals surface area (Å²) in [6.07, 6.45) is 3.79. The number of Topliss-reactive ketones (excluding diaryl/α,β-unsaturated/α-hetero) is 1. The molecule has 0 bridgehead atoms. The lowest BCUT2D eigenvalue weighted by Crippen LogP contribution is -2.34. The van der Waals surface area contributed by atoms with Crippen molar-refractivity contribution in [3.05, 3.63) is 35.4 Å². The summed E-state index contributed by atoms with van der Waals surface area (Å²) in [5.74, 6) is 0.252. The summed E-state index contributed by atoms with van der Waals surface area (Å²) in [6, 6.07) is 7.87. The second-order valence-electron chi connectivity index (χ2n) is 4.63. The Kier molecular flexibility index (Phi) is 3.73. The molecule has 0 radical (unpaired) electrons. The fraction of sp³-hybridized carbons (Fsp3) is 0.500. The van der Waals surface area contributed by atoms with Crippen LogP contribution >= 0.6 is 0 Å². The summed E-state index contributed by atoms with van der Waals surface area (Å²) in [4.78, 5) is 14.3. The topological polar surface area (TPSA) is 20.3 Å². The fourth-order valence-electron chi connectivity index (χ4n) is 2.15. The third-order valence-electron chi connectivity index (χ3n) is 3.19. The van der Waals surface area contributed by atoms with Gasteiger partial charge in [0.05, 0.1) is 6.54 Å². The van der Waals surface area contributed by atoms with E-state index in [1.54, 1.807) is 0 Å². The molecule has 0 spiro atoms. The van der Waals surface area contributed by atoms with Gasteiger partial charge in [-0.15, -0.1) is 0 Å². The van der Waals surface area contributed by atoms with Crippen LogP contribution in [0.5, 0.6) is 0 Å². The molecular weight excluding hydrogens is 198 g/mol. The van der Waals surface area contributed by atoms with Gasteiger partial charge in [-0.1, -0.05) is 36.2 Å². The summed E-state index contributed by atoms with van der Waals surface area (Å²) in [5, 5.41) is 0. The largest absolute Gasteiger partial charge is 0.296 e. The van der Waals surface area contributed by atoms with E-state index >= 15 is 0 Å². The zero-order chi connectivity index (χ0) is 11.4. The fourth-order valence-corrected chi connectivity index (χ4v) is 2.15. The Morgan fingerprint density at radius 1 is 1.12 bits per heavy atom. The molecule has 1 saturated heterocycles. The van der Waals surface area contributed by atoms with E-state index in [1.807, 2.05) is 31.2 Å². The molecule has 0 amide bonds. The van der Waals surface area contributed by atoms with Crippen LogP contribution in [0, 0.1) is 6.92 Å². The van der Waals surface area contributed by atoms with Crippen molar-refractivity contribution >= 4 is 5.78 Å². The summed E-state index contributed by atoms with van der Waals surface area (Å²) in [7, 11) is 0. The van der Waals surface area contributed by atoms with Gasteiger partial charge in [-0.2, -0.15) is 0 Å². The number of nitrogens with zero attached hydrogens (tertiary/aromatic N) is 1. The zero-order valence-electron chi connectivity index (χ0n) is 9.91.